The Kier molecular flexibility index (Phi) is 5.31. The summed E-state index contributed by atoms with van der Waals surface area (Å²) in [7, 11) is 0. The summed E-state index contributed by atoms with van der Waals surface area (Å²) in [4.78, 5) is 33.7. The monoisotopic (exact) mass is 270 g/mol. The molecule has 0 fully saturated rings. The zero-order chi connectivity index (χ0) is 13.5. The van der Waals surface area contributed by atoms with Crippen LogP contribution in [0.3, 0.4) is 0 Å². The van der Waals surface area contributed by atoms with Gasteiger partial charge in [-0.25, -0.2) is 0 Å². The van der Waals surface area contributed by atoms with Crippen LogP contribution < -0.4 is 10.6 Å². The Labute approximate surface area is 108 Å². The molecule has 0 radical (unpaired) electrons. The summed E-state index contributed by atoms with van der Waals surface area (Å²) in [6, 6.07) is 1.87. The number of carboxylic acid groups (broad SMARTS) is 1. The zero-order valence-electron chi connectivity index (χ0n) is 9.86. The molecule has 0 saturated heterocycles. The molecule has 0 aliphatic rings. The quantitative estimate of drug-likeness (QED) is 0.690. The predicted octanol–water partition coefficient (Wildman–Crippen LogP) is 0.241. The maximum absolute atomic E-state index is 11.7. The number of hydrogen-bond donors (Lipinski definition) is 3. The zero-order valence-corrected chi connectivity index (χ0v) is 10.7. The molecule has 0 aliphatic carbocycles. The van der Waals surface area contributed by atoms with Crippen molar-refractivity contribution in [1.82, 2.24) is 10.6 Å². The van der Waals surface area contributed by atoms with Crippen molar-refractivity contribution in [3.05, 3.63) is 21.9 Å². The molecular formula is C11H14N2O4S. The number of carbonyl (C=O) groups is 3. The van der Waals surface area contributed by atoms with Gasteiger partial charge in [-0.2, -0.15) is 0 Å². The Morgan fingerprint density at radius 1 is 1.28 bits per heavy atom. The predicted molar refractivity (Wildman–Crippen MR) is 66.7 cm³/mol. The van der Waals surface area contributed by atoms with Crippen molar-refractivity contribution in [2.45, 2.75) is 13.3 Å². The van der Waals surface area contributed by atoms with Gasteiger partial charge in [-0.15, -0.1) is 11.3 Å². The number of nitrogens with one attached hydrogen (secondary N) is 2. The number of aryl methyl sites for hydroxylation is 1. The van der Waals surface area contributed by atoms with Crippen LogP contribution in [-0.2, 0) is 16.0 Å². The number of hydrogen-bond acceptors (Lipinski definition) is 4. The van der Waals surface area contributed by atoms with E-state index >= 15 is 0 Å². The van der Waals surface area contributed by atoms with E-state index in [1.807, 2.05) is 18.4 Å². The highest BCUT2D eigenvalue weighted by atomic mass is 32.1. The second-order valence-electron chi connectivity index (χ2n) is 3.48. The molecular weight excluding hydrogens is 256 g/mol. The molecule has 98 valence electrons. The van der Waals surface area contributed by atoms with Gasteiger partial charge in [0.05, 0.1) is 11.4 Å². The Balaban J connectivity index is 2.42. The number of thiophene rings is 1. The molecule has 2 amide bonds. The molecule has 0 unspecified atom stereocenters. The number of rotatable bonds is 6. The number of aliphatic carboxylic acids is 1. The minimum absolute atomic E-state index is 0.229. The largest absolute Gasteiger partial charge is 0.480 e. The van der Waals surface area contributed by atoms with Crippen LogP contribution in [0.2, 0.25) is 0 Å². The fourth-order valence-electron chi connectivity index (χ4n) is 1.29. The van der Waals surface area contributed by atoms with Gasteiger partial charge in [-0.3, -0.25) is 14.4 Å². The van der Waals surface area contributed by atoms with Gasteiger partial charge < -0.3 is 15.7 Å². The van der Waals surface area contributed by atoms with Gasteiger partial charge in [0.15, 0.2) is 0 Å². The van der Waals surface area contributed by atoms with Gasteiger partial charge in [0.1, 0.15) is 6.54 Å². The Morgan fingerprint density at radius 2 is 2.00 bits per heavy atom. The average Bonchev–Trinajstić information content (AvgIpc) is 2.81. The van der Waals surface area contributed by atoms with Crippen molar-refractivity contribution in [3.8, 4) is 0 Å². The summed E-state index contributed by atoms with van der Waals surface area (Å²) < 4.78 is 0. The molecule has 7 heteroatoms. The van der Waals surface area contributed by atoms with E-state index in [-0.39, 0.29) is 12.5 Å². The molecule has 0 saturated carbocycles. The number of amides is 2. The molecule has 1 heterocycles. The van der Waals surface area contributed by atoms with Crippen LogP contribution in [0.1, 0.15) is 22.2 Å². The third-order valence-electron chi connectivity index (χ3n) is 2.18. The lowest BCUT2D eigenvalue weighted by atomic mass is 10.2. The SMILES string of the molecule is CCc1ccsc1C(=O)NCC(=O)NCC(=O)O. The van der Waals surface area contributed by atoms with Crippen LogP contribution in [0.4, 0.5) is 0 Å². The van der Waals surface area contributed by atoms with E-state index in [0.29, 0.717) is 4.88 Å². The second kappa shape index (κ2) is 6.75. The molecule has 0 atom stereocenters. The van der Waals surface area contributed by atoms with E-state index in [1.165, 1.54) is 11.3 Å². The third kappa shape index (κ3) is 4.17. The van der Waals surface area contributed by atoms with Crippen LogP contribution in [0.25, 0.3) is 0 Å². The Morgan fingerprint density at radius 3 is 2.61 bits per heavy atom. The third-order valence-corrected chi connectivity index (χ3v) is 3.14. The van der Waals surface area contributed by atoms with E-state index in [4.69, 9.17) is 5.11 Å². The van der Waals surface area contributed by atoms with Crippen LogP contribution in [0.15, 0.2) is 11.4 Å². The minimum Gasteiger partial charge on any atom is -0.480 e. The molecule has 18 heavy (non-hydrogen) atoms. The molecule has 0 aliphatic heterocycles. The van der Waals surface area contributed by atoms with E-state index < -0.39 is 18.4 Å². The Bertz CT molecular complexity index is 456. The van der Waals surface area contributed by atoms with Crippen molar-refractivity contribution < 1.29 is 19.5 Å². The second-order valence-corrected chi connectivity index (χ2v) is 4.40. The van der Waals surface area contributed by atoms with Crippen LogP contribution in [-0.4, -0.2) is 36.0 Å². The lowest BCUT2D eigenvalue weighted by molar-refractivity contribution is -0.137. The first-order chi connectivity index (χ1) is 8.54. The minimum atomic E-state index is -1.12. The van der Waals surface area contributed by atoms with Crippen molar-refractivity contribution >= 4 is 29.1 Å². The summed E-state index contributed by atoms with van der Waals surface area (Å²) in [5, 5.41) is 14.8. The maximum atomic E-state index is 11.7. The van der Waals surface area contributed by atoms with E-state index in [2.05, 4.69) is 10.6 Å². The van der Waals surface area contributed by atoms with Gasteiger partial charge in [-0.05, 0) is 23.4 Å². The van der Waals surface area contributed by atoms with E-state index in [0.717, 1.165) is 12.0 Å². The van der Waals surface area contributed by atoms with Crippen molar-refractivity contribution in [2.24, 2.45) is 0 Å². The molecule has 1 aromatic heterocycles. The fraction of sp³-hybridized carbons (Fsp3) is 0.364. The molecule has 0 aromatic carbocycles. The molecule has 3 N–H and O–H groups in total. The molecule has 6 nitrogen and oxygen atoms in total. The van der Waals surface area contributed by atoms with Gasteiger partial charge in [0.2, 0.25) is 5.91 Å². The van der Waals surface area contributed by atoms with Crippen LogP contribution in [0.5, 0.6) is 0 Å². The summed E-state index contributed by atoms with van der Waals surface area (Å²) in [5.74, 6) is -1.96. The molecule has 1 rings (SSSR count). The van der Waals surface area contributed by atoms with Gasteiger partial charge >= 0.3 is 5.97 Å². The van der Waals surface area contributed by atoms with Crippen molar-refractivity contribution in [1.29, 1.82) is 0 Å². The standard InChI is InChI=1S/C11H14N2O4S/c1-2-7-3-4-18-10(7)11(17)13-5-8(14)12-6-9(15)16/h3-4H,2,5-6H2,1H3,(H,12,14)(H,13,17)(H,15,16). The summed E-state index contributed by atoms with van der Waals surface area (Å²) >= 11 is 1.31. The van der Waals surface area contributed by atoms with Crippen molar-refractivity contribution in [3.63, 3.8) is 0 Å². The highest BCUT2D eigenvalue weighted by Crippen LogP contribution is 2.16. The first-order valence-corrected chi connectivity index (χ1v) is 6.25. The summed E-state index contributed by atoms with van der Waals surface area (Å²) in [5.41, 5.74) is 0.934. The Hall–Kier alpha value is -1.89. The summed E-state index contributed by atoms with van der Waals surface area (Å²) in [6.07, 6.45) is 0.747. The molecule has 0 bridgehead atoms. The lowest BCUT2D eigenvalue weighted by Crippen LogP contribution is -2.39. The number of carbonyl (C=O) groups excluding carboxylic acids is 2. The average molecular weight is 270 g/mol. The molecule has 1 aromatic rings. The highest BCUT2D eigenvalue weighted by Gasteiger charge is 2.13. The fourth-order valence-corrected chi connectivity index (χ4v) is 2.20. The number of carboxylic acids is 1. The highest BCUT2D eigenvalue weighted by molar-refractivity contribution is 7.12. The normalized spacial score (nSPS) is 9.83. The molecule has 0 spiro atoms. The van der Waals surface area contributed by atoms with Crippen molar-refractivity contribution in [2.75, 3.05) is 13.1 Å². The van der Waals surface area contributed by atoms with Gasteiger partial charge in [0, 0.05) is 0 Å². The van der Waals surface area contributed by atoms with E-state index in [9.17, 15) is 14.4 Å². The van der Waals surface area contributed by atoms with Gasteiger partial charge in [-0.1, -0.05) is 6.92 Å². The van der Waals surface area contributed by atoms with Crippen LogP contribution in [0, 0.1) is 0 Å². The van der Waals surface area contributed by atoms with E-state index in [1.54, 1.807) is 0 Å². The van der Waals surface area contributed by atoms with Gasteiger partial charge in [0.25, 0.3) is 5.91 Å². The maximum Gasteiger partial charge on any atom is 0.322 e. The first kappa shape index (κ1) is 14.2. The summed E-state index contributed by atoms with van der Waals surface area (Å²) in [6.45, 7) is 1.26. The first-order valence-electron chi connectivity index (χ1n) is 5.37. The van der Waals surface area contributed by atoms with Crippen LogP contribution >= 0.6 is 11.3 Å². The lowest BCUT2D eigenvalue weighted by Gasteiger charge is -2.05. The topological polar surface area (TPSA) is 95.5 Å². The smallest absolute Gasteiger partial charge is 0.322 e.